The normalized spacial score (nSPS) is 12.0. The van der Waals surface area contributed by atoms with E-state index in [2.05, 4.69) is 19.6 Å². The molecule has 0 atom stereocenters. The number of hydrogen-bond donors (Lipinski definition) is 1. The van der Waals surface area contributed by atoms with Gasteiger partial charge < -0.3 is 5.73 Å². The van der Waals surface area contributed by atoms with E-state index in [1.165, 1.54) is 0 Å². The lowest BCUT2D eigenvalue weighted by Crippen LogP contribution is -2.17. The second-order valence-corrected chi connectivity index (χ2v) is 12.2. The summed E-state index contributed by atoms with van der Waals surface area (Å²) in [6.45, 7) is 7.85. The van der Waals surface area contributed by atoms with Gasteiger partial charge in [0.15, 0.2) is 0 Å². The lowest BCUT2D eigenvalue weighted by molar-refractivity contribution is 1.15. The van der Waals surface area contributed by atoms with Gasteiger partial charge in [0.05, 0.1) is 0 Å². The van der Waals surface area contributed by atoms with Crippen molar-refractivity contribution in [2.24, 2.45) is 5.73 Å². The summed E-state index contributed by atoms with van der Waals surface area (Å²) in [5, 5.41) is 0. The van der Waals surface area contributed by atoms with Crippen LogP contribution in [0.2, 0.25) is 19.6 Å². The van der Waals surface area contributed by atoms with Gasteiger partial charge in [-0.1, -0.05) is 19.6 Å². The van der Waals surface area contributed by atoms with Crippen LogP contribution in [0.1, 0.15) is 0 Å². The molecule has 0 rings (SSSR count). The highest BCUT2D eigenvalue weighted by molar-refractivity contribution is 8.28. The lowest BCUT2D eigenvalue weighted by Gasteiger charge is -2.13. The zero-order valence-electron chi connectivity index (χ0n) is 5.90. The van der Waals surface area contributed by atoms with Crippen LogP contribution in [-0.2, 0) is 0 Å². The largest absolute Gasteiger partial charge is 0.330 e. The summed E-state index contributed by atoms with van der Waals surface area (Å²) in [6, 6.07) is 0. The van der Waals surface area contributed by atoms with Crippen LogP contribution < -0.4 is 5.73 Å². The Hall–Kier alpha value is 0.527. The number of hydrogen-bond acceptors (Lipinski definition) is 2. The van der Waals surface area contributed by atoms with Crippen molar-refractivity contribution in [1.29, 1.82) is 0 Å². The van der Waals surface area contributed by atoms with Crippen LogP contribution in [0.3, 0.4) is 0 Å². The van der Waals surface area contributed by atoms with E-state index in [0.29, 0.717) is 0 Å². The molecule has 0 aromatic rings. The fourth-order valence-electron chi connectivity index (χ4n) is 0.365. The molecule has 0 heterocycles. The summed E-state index contributed by atoms with van der Waals surface area (Å²) in [5.74, 6) is 1.13. The van der Waals surface area contributed by atoms with Crippen LogP contribution in [0.5, 0.6) is 0 Å². The Labute approximate surface area is 56.7 Å². The zero-order chi connectivity index (χ0) is 6.62. The van der Waals surface area contributed by atoms with Crippen molar-refractivity contribution in [1.82, 2.24) is 0 Å². The van der Waals surface area contributed by atoms with Gasteiger partial charge >= 0.3 is 0 Å². The summed E-state index contributed by atoms with van der Waals surface area (Å²) < 4.78 is 0. The monoisotopic (exact) mass is 149 g/mol. The molecule has 1 nitrogen and oxygen atoms in total. The molecule has 0 radical (unpaired) electrons. The fraction of sp³-hybridized carbons (Fsp3) is 1.00. The molecule has 50 valence electrons. The molecule has 0 aromatic carbocycles. The first kappa shape index (κ1) is 8.53. The molecular formula is C5H15NSSi. The summed E-state index contributed by atoms with van der Waals surface area (Å²) in [6.07, 6.45) is 0. The van der Waals surface area contributed by atoms with Crippen LogP contribution in [0.15, 0.2) is 0 Å². The van der Waals surface area contributed by atoms with E-state index in [0.717, 1.165) is 12.3 Å². The summed E-state index contributed by atoms with van der Waals surface area (Å²) >= 11 is 2.05. The van der Waals surface area contributed by atoms with E-state index in [1.807, 2.05) is 11.2 Å². The Morgan fingerprint density at radius 3 is 2.00 bits per heavy atom. The maximum atomic E-state index is 5.34. The second kappa shape index (κ2) is 3.53. The Morgan fingerprint density at radius 1 is 1.38 bits per heavy atom. The molecule has 0 unspecified atom stereocenters. The molecule has 3 heteroatoms. The molecule has 2 N–H and O–H groups in total. The van der Waals surface area contributed by atoms with Crippen LogP contribution in [0.25, 0.3) is 0 Å². The molecular weight excluding hydrogens is 134 g/mol. The van der Waals surface area contributed by atoms with Gasteiger partial charge in [0.1, 0.15) is 7.22 Å². The minimum Gasteiger partial charge on any atom is -0.330 e. The van der Waals surface area contributed by atoms with Gasteiger partial charge in [-0.05, 0) is 0 Å². The van der Waals surface area contributed by atoms with Crippen molar-refractivity contribution in [3.8, 4) is 0 Å². The van der Waals surface area contributed by atoms with Crippen molar-refractivity contribution < 1.29 is 0 Å². The Balaban J connectivity index is 3.11. The number of rotatable bonds is 3. The molecule has 0 aliphatic rings. The molecule has 0 aliphatic carbocycles. The Kier molecular flexibility index (Phi) is 3.77. The molecule has 0 saturated heterocycles. The molecule has 0 fully saturated rings. The van der Waals surface area contributed by atoms with Gasteiger partial charge in [0, 0.05) is 12.3 Å². The van der Waals surface area contributed by atoms with Gasteiger partial charge in [-0.25, -0.2) is 0 Å². The first-order valence-electron chi connectivity index (χ1n) is 2.90. The quantitative estimate of drug-likeness (QED) is 0.616. The third-order valence-corrected chi connectivity index (χ3v) is 5.17. The zero-order valence-corrected chi connectivity index (χ0v) is 7.72. The van der Waals surface area contributed by atoms with Crippen molar-refractivity contribution in [2.45, 2.75) is 19.6 Å². The standard InChI is InChI=1S/C5H15NSSi/c1-8(2,3)7-5-4-6/h4-6H2,1-3H3. The van der Waals surface area contributed by atoms with Crippen molar-refractivity contribution >= 4 is 18.4 Å². The van der Waals surface area contributed by atoms with Gasteiger partial charge in [-0.3, -0.25) is 0 Å². The summed E-state index contributed by atoms with van der Waals surface area (Å²) in [4.78, 5) is 0. The Morgan fingerprint density at radius 2 is 1.88 bits per heavy atom. The lowest BCUT2D eigenvalue weighted by atomic mass is 10.8. The third kappa shape index (κ3) is 6.53. The average molecular weight is 149 g/mol. The predicted molar refractivity (Wildman–Crippen MR) is 44.9 cm³/mol. The van der Waals surface area contributed by atoms with Crippen LogP contribution in [0, 0.1) is 0 Å². The molecule has 0 bridgehead atoms. The van der Waals surface area contributed by atoms with Crippen LogP contribution >= 0.6 is 11.2 Å². The predicted octanol–water partition coefficient (Wildman–Crippen LogP) is 1.51. The van der Waals surface area contributed by atoms with Gasteiger partial charge in [0.25, 0.3) is 0 Å². The van der Waals surface area contributed by atoms with Gasteiger partial charge in [0.2, 0.25) is 0 Å². The van der Waals surface area contributed by atoms with Crippen molar-refractivity contribution in [2.75, 3.05) is 12.3 Å². The summed E-state index contributed by atoms with van der Waals surface area (Å²) in [7, 11) is -0.842. The maximum Gasteiger partial charge on any atom is 0.108 e. The van der Waals surface area contributed by atoms with E-state index >= 15 is 0 Å². The molecule has 0 saturated carbocycles. The summed E-state index contributed by atoms with van der Waals surface area (Å²) in [5.41, 5.74) is 5.34. The minimum absolute atomic E-state index is 0.828. The van der Waals surface area contributed by atoms with Crippen molar-refractivity contribution in [3.63, 3.8) is 0 Å². The van der Waals surface area contributed by atoms with E-state index in [4.69, 9.17) is 5.73 Å². The highest BCUT2D eigenvalue weighted by Crippen LogP contribution is 2.17. The highest BCUT2D eigenvalue weighted by atomic mass is 32.4. The van der Waals surface area contributed by atoms with Crippen LogP contribution in [0.4, 0.5) is 0 Å². The molecule has 0 aliphatic heterocycles. The minimum atomic E-state index is -0.842. The fourth-order valence-corrected chi connectivity index (χ4v) is 3.29. The van der Waals surface area contributed by atoms with Gasteiger partial charge in [-0.2, -0.15) is 11.2 Å². The van der Waals surface area contributed by atoms with Crippen molar-refractivity contribution in [3.05, 3.63) is 0 Å². The Bertz CT molecular complexity index is 59.9. The first-order chi connectivity index (χ1) is 3.56. The molecule has 0 amide bonds. The van der Waals surface area contributed by atoms with Gasteiger partial charge in [-0.15, -0.1) is 0 Å². The highest BCUT2D eigenvalue weighted by Gasteiger charge is 2.11. The topological polar surface area (TPSA) is 26.0 Å². The molecule has 0 aromatic heterocycles. The van der Waals surface area contributed by atoms with Crippen LogP contribution in [-0.4, -0.2) is 19.5 Å². The van der Waals surface area contributed by atoms with E-state index in [9.17, 15) is 0 Å². The average Bonchev–Trinajstić information content (AvgIpc) is 1.59. The SMILES string of the molecule is C[Si](C)(C)SCCN. The smallest absolute Gasteiger partial charge is 0.108 e. The molecule has 0 spiro atoms. The first-order valence-corrected chi connectivity index (χ1v) is 8.11. The third-order valence-electron chi connectivity index (χ3n) is 0.653. The number of nitrogens with two attached hydrogens (primary N) is 1. The van der Waals surface area contributed by atoms with E-state index in [1.54, 1.807) is 0 Å². The van der Waals surface area contributed by atoms with E-state index < -0.39 is 7.22 Å². The maximum absolute atomic E-state index is 5.34. The second-order valence-electron chi connectivity index (χ2n) is 2.75. The van der Waals surface area contributed by atoms with E-state index in [-0.39, 0.29) is 0 Å². The molecule has 8 heavy (non-hydrogen) atoms.